The van der Waals surface area contributed by atoms with Crippen LogP contribution in [0.1, 0.15) is 17.4 Å². The molecule has 1 aromatic carbocycles. The molecule has 1 unspecified atom stereocenters. The maximum absolute atomic E-state index is 9.84. The van der Waals surface area contributed by atoms with Crippen molar-refractivity contribution in [2.24, 2.45) is 0 Å². The normalized spacial score (nSPS) is 11.1. The first-order valence-electron chi connectivity index (χ1n) is 5.67. The minimum Gasteiger partial charge on any atom is -0.473 e. The number of benzene rings is 1. The van der Waals surface area contributed by atoms with Crippen LogP contribution in [0.2, 0.25) is 0 Å². The second kappa shape index (κ2) is 7.70. The lowest BCUT2D eigenvalue weighted by Crippen LogP contribution is -2.09. The van der Waals surface area contributed by atoms with Gasteiger partial charge in [-0.05, 0) is 5.56 Å². The van der Waals surface area contributed by atoms with Crippen LogP contribution in [-0.2, 0) is 16.0 Å². The third-order valence-corrected chi connectivity index (χ3v) is 2.34. The van der Waals surface area contributed by atoms with Gasteiger partial charge in [-0.1, -0.05) is 30.3 Å². The van der Waals surface area contributed by atoms with E-state index in [4.69, 9.17) is 19.8 Å². The number of aliphatic carboxylic acids is 2. The van der Waals surface area contributed by atoms with Crippen molar-refractivity contribution in [3.05, 3.63) is 54.1 Å². The van der Waals surface area contributed by atoms with E-state index in [2.05, 4.69) is 9.97 Å². The molecule has 0 aliphatic rings. The van der Waals surface area contributed by atoms with E-state index >= 15 is 0 Å². The topological polar surface area (TPSA) is 124 Å². The van der Waals surface area contributed by atoms with Gasteiger partial charge in [-0.3, -0.25) is 0 Å². The summed E-state index contributed by atoms with van der Waals surface area (Å²) in [5, 5.41) is 24.6. The Morgan fingerprint density at radius 3 is 2.20 bits per heavy atom. The molecular weight excluding hydrogens is 264 g/mol. The van der Waals surface area contributed by atoms with Crippen molar-refractivity contribution >= 4 is 11.9 Å². The van der Waals surface area contributed by atoms with Crippen molar-refractivity contribution in [3.63, 3.8) is 0 Å². The van der Waals surface area contributed by atoms with Gasteiger partial charge in [0.1, 0.15) is 0 Å². The molecule has 7 heteroatoms. The van der Waals surface area contributed by atoms with Crippen LogP contribution in [0, 0.1) is 0 Å². The summed E-state index contributed by atoms with van der Waals surface area (Å²) in [6.45, 7) is 0. The largest absolute Gasteiger partial charge is 0.473 e. The van der Waals surface area contributed by atoms with Crippen LogP contribution in [0.5, 0.6) is 0 Å². The fraction of sp³-hybridized carbons (Fsp3) is 0.154. The SMILES string of the molecule is O=C(O)C(=O)O.OC(Cc1cnc[nH]1)c1ccccc1. The number of carboxylic acid groups (broad SMARTS) is 2. The van der Waals surface area contributed by atoms with Gasteiger partial charge in [-0.25, -0.2) is 14.6 Å². The number of hydrogen-bond acceptors (Lipinski definition) is 4. The molecule has 0 bridgehead atoms. The maximum atomic E-state index is 9.84. The molecule has 1 heterocycles. The summed E-state index contributed by atoms with van der Waals surface area (Å²) in [5.74, 6) is -3.65. The number of aromatic nitrogens is 2. The standard InChI is InChI=1S/C11H12N2O.C2H2O4/c14-11(6-10-7-12-8-13-10)9-4-2-1-3-5-9;3-1(4)2(5)6/h1-5,7-8,11,14H,6H2,(H,12,13);(H,3,4)(H,5,6). The molecule has 1 aromatic heterocycles. The molecule has 0 amide bonds. The highest BCUT2D eigenvalue weighted by molar-refractivity contribution is 6.27. The first kappa shape index (κ1) is 15.4. The third kappa shape index (κ3) is 5.32. The number of rotatable bonds is 3. The number of carbonyl (C=O) groups is 2. The predicted octanol–water partition coefficient (Wildman–Crippen LogP) is 0.841. The van der Waals surface area contributed by atoms with E-state index < -0.39 is 18.0 Å². The minimum atomic E-state index is -1.82. The monoisotopic (exact) mass is 278 g/mol. The Morgan fingerprint density at radius 2 is 1.75 bits per heavy atom. The van der Waals surface area contributed by atoms with Gasteiger partial charge in [0.25, 0.3) is 0 Å². The van der Waals surface area contributed by atoms with Crippen molar-refractivity contribution < 1.29 is 24.9 Å². The van der Waals surface area contributed by atoms with E-state index in [1.807, 2.05) is 30.3 Å². The summed E-state index contributed by atoms with van der Waals surface area (Å²) in [6, 6.07) is 9.62. The molecule has 0 spiro atoms. The molecule has 7 nitrogen and oxygen atoms in total. The van der Waals surface area contributed by atoms with E-state index in [9.17, 15) is 5.11 Å². The minimum absolute atomic E-state index is 0.461. The van der Waals surface area contributed by atoms with Crippen molar-refractivity contribution in [1.82, 2.24) is 9.97 Å². The molecule has 2 aromatic rings. The second-order valence-corrected chi connectivity index (χ2v) is 3.82. The Balaban J connectivity index is 0.000000286. The zero-order valence-corrected chi connectivity index (χ0v) is 10.4. The van der Waals surface area contributed by atoms with E-state index in [0.29, 0.717) is 6.42 Å². The molecule has 0 saturated heterocycles. The van der Waals surface area contributed by atoms with Gasteiger partial charge in [0.15, 0.2) is 0 Å². The van der Waals surface area contributed by atoms with Crippen LogP contribution in [0.3, 0.4) is 0 Å². The van der Waals surface area contributed by atoms with Crippen LogP contribution in [-0.4, -0.2) is 37.2 Å². The second-order valence-electron chi connectivity index (χ2n) is 3.82. The summed E-state index contributed by atoms with van der Waals surface area (Å²) < 4.78 is 0. The molecule has 0 aliphatic heterocycles. The summed E-state index contributed by atoms with van der Waals surface area (Å²) >= 11 is 0. The van der Waals surface area contributed by atoms with E-state index in [1.54, 1.807) is 12.5 Å². The van der Waals surface area contributed by atoms with Crippen LogP contribution in [0.15, 0.2) is 42.9 Å². The number of carboxylic acids is 2. The van der Waals surface area contributed by atoms with Crippen LogP contribution < -0.4 is 0 Å². The average Bonchev–Trinajstić information content (AvgIpc) is 2.93. The molecule has 20 heavy (non-hydrogen) atoms. The van der Waals surface area contributed by atoms with Gasteiger partial charge in [0.05, 0.1) is 12.4 Å². The average molecular weight is 278 g/mol. The molecule has 2 rings (SSSR count). The number of hydrogen-bond donors (Lipinski definition) is 4. The Morgan fingerprint density at radius 1 is 1.15 bits per heavy atom. The predicted molar refractivity (Wildman–Crippen MR) is 69.0 cm³/mol. The Kier molecular flexibility index (Phi) is 5.92. The number of aliphatic hydroxyl groups excluding tert-OH is 1. The molecule has 0 aliphatic carbocycles. The fourth-order valence-corrected chi connectivity index (χ4v) is 1.40. The summed E-state index contributed by atoms with van der Waals surface area (Å²) in [4.78, 5) is 25.1. The number of imidazole rings is 1. The molecule has 0 radical (unpaired) electrons. The van der Waals surface area contributed by atoms with Gasteiger partial charge in [-0.15, -0.1) is 0 Å². The lowest BCUT2D eigenvalue weighted by Gasteiger charge is -2.08. The highest BCUT2D eigenvalue weighted by Gasteiger charge is 2.08. The lowest BCUT2D eigenvalue weighted by molar-refractivity contribution is -0.159. The van der Waals surface area contributed by atoms with Crippen molar-refractivity contribution in [3.8, 4) is 0 Å². The first-order valence-corrected chi connectivity index (χ1v) is 5.67. The van der Waals surface area contributed by atoms with Crippen molar-refractivity contribution in [1.29, 1.82) is 0 Å². The highest BCUT2D eigenvalue weighted by Crippen LogP contribution is 2.15. The molecule has 106 valence electrons. The smallest absolute Gasteiger partial charge is 0.414 e. The number of nitrogens with one attached hydrogen (secondary N) is 1. The van der Waals surface area contributed by atoms with E-state index in [0.717, 1.165) is 11.3 Å². The number of H-pyrrole nitrogens is 1. The Bertz CT molecular complexity index is 527. The first-order chi connectivity index (χ1) is 9.50. The highest BCUT2D eigenvalue weighted by atomic mass is 16.4. The Labute approximate surface area is 114 Å². The van der Waals surface area contributed by atoms with Gasteiger partial charge < -0.3 is 20.3 Å². The van der Waals surface area contributed by atoms with Crippen LogP contribution in [0.4, 0.5) is 0 Å². The molecule has 4 N–H and O–H groups in total. The van der Waals surface area contributed by atoms with Crippen LogP contribution >= 0.6 is 0 Å². The Hall–Kier alpha value is -2.67. The molecular formula is C13H14N2O5. The number of aliphatic hydroxyl groups is 1. The maximum Gasteiger partial charge on any atom is 0.414 e. The quantitative estimate of drug-likeness (QED) is 0.617. The summed E-state index contributed by atoms with van der Waals surface area (Å²) in [5.41, 5.74) is 1.88. The fourth-order valence-electron chi connectivity index (χ4n) is 1.40. The molecule has 0 fully saturated rings. The van der Waals surface area contributed by atoms with Gasteiger partial charge in [0, 0.05) is 18.3 Å². The lowest BCUT2D eigenvalue weighted by atomic mass is 10.1. The van der Waals surface area contributed by atoms with Crippen molar-refractivity contribution in [2.75, 3.05) is 0 Å². The van der Waals surface area contributed by atoms with Crippen molar-refractivity contribution in [2.45, 2.75) is 12.5 Å². The molecule has 0 saturated carbocycles. The van der Waals surface area contributed by atoms with Crippen LogP contribution in [0.25, 0.3) is 0 Å². The summed E-state index contributed by atoms with van der Waals surface area (Å²) in [6.07, 6.45) is 3.46. The zero-order valence-electron chi connectivity index (χ0n) is 10.4. The van der Waals surface area contributed by atoms with E-state index in [-0.39, 0.29) is 0 Å². The number of nitrogens with zero attached hydrogens (tertiary/aromatic N) is 1. The van der Waals surface area contributed by atoms with E-state index in [1.165, 1.54) is 0 Å². The summed E-state index contributed by atoms with van der Waals surface area (Å²) in [7, 11) is 0. The third-order valence-electron chi connectivity index (χ3n) is 2.34. The number of aromatic amines is 1. The zero-order chi connectivity index (χ0) is 15.0. The molecule has 1 atom stereocenters. The van der Waals surface area contributed by atoms with Gasteiger partial charge in [0.2, 0.25) is 0 Å². The van der Waals surface area contributed by atoms with Gasteiger partial charge in [-0.2, -0.15) is 0 Å². The van der Waals surface area contributed by atoms with Gasteiger partial charge >= 0.3 is 11.9 Å².